The summed E-state index contributed by atoms with van der Waals surface area (Å²) >= 11 is 3.25. The van der Waals surface area contributed by atoms with Gasteiger partial charge in [0, 0.05) is 17.4 Å². The maximum absolute atomic E-state index is 12.0. The van der Waals surface area contributed by atoms with Gasteiger partial charge in [0.05, 0.1) is 0 Å². The van der Waals surface area contributed by atoms with E-state index in [1.165, 1.54) is 5.56 Å². The standard InChI is InChI=1S/C15H15BrN2O/c1-2-3-11-4-6-13(7-5-11)18-15(19)12-8-9-17-14(16)10-12/h4-10H,2-3H2,1H3,(H,18,19). The van der Waals surface area contributed by atoms with E-state index in [4.69, 9.17) is 0 Å². The number of carbonyl (C=O) groups excluding carboxylic acids is 1. The highest BCUT2D eigenvalue weighted by Gasteiger charge is 2.06. The van der Waals surface area contributed by atoms with Crippen molar-refractivity contribution >= 4 is 27.5 Å². The molecule has 0 saturated heterocycles. The highest BCUT2D eigenvalue weighted by molar-refractivity contribution is 9.10. The largest absolute Gasteiger partial charge is 0.322 e. The Morgan fingerprint density at radius 2 is 2.00 bits per heavy atom. The predicted octanol–water partition coefficient (Wildman–Crippen LogP) is 4.05. The van der Waals surface area contributed by atoms with Crippen LogP contribution in [0.3, 0.4) is 0 Å². The van der Waals surface area contributed by atoms with Crippen molar-refractivity contribution in [2.24, 2.45) is 0 Å². The summed E-state index contributed by atoms with van der Waals surface area (Å²) in [6, 6.07) is 11.3. The Morgan fingerprint density at radius 1 is 1.26 bits per heavy atom. The molecular weight excluding hydrogens is 304 g/mol. The molecule has 3 nitrogen and oxygen atoms in total. The summed E-state index contributed by atoms with van der Waals surface area (Å²) in [5, 5.41) is 2.87. The number of hydrogen-bond acceptors (Lipinski definition) is 2. The smallest absolute Gasteiger partial charge is 0.255 e. The van der Waals surface area contributed by atoms with E-state index in [1.807, 2.05) is 24.3 Å². The molecule has 0 bridgehead atoms. The van der Waals surface area contributed by atoms with Gasteiger partial charge in [-0.25, -0.2) is 4.98 Å². The highest BCUT2D eigenvalue weighted by atomic mass is 79.9. The predicted molar refractivity (Wildman–Crippen MR) is 80.3 cm³/mol. The summed E-state index contributed by atoms with van der Waals surface area (Å²) in [6.45, 7) is 2.15. The number of anilines is 1. The van der Waals surface area contributed by atoms with Crippen molar-refractivity contribution in [2.75, 3.05) is 5.32 Å². The minimum absolute atomic E-state index is 0.133. The lowest BCUT2D eigenvalue weighted by Gasteiger charge is -2.06. The van der Waals surface area contributed by atoms with Crippen LogP contribution >= 0.6 is 15.9 Å². The van der Waals surface area contributed by atoms with Gasteiger partial charge in [0.15, 0.2) is 0 Å². The molecule has 4 heteroatoms. The van der Waals surface area contributed by atoms with Crippen LogP contribution in [0.4, 0.5) is 5.69 Å². The molecule has 1 amide bonds. The second-order valence-electron chi connectivity index (χ2n) is 4.27. The lowest BCUT2D eigenvalue weighted by atomic mass is 10.1. The van der Waals surface area contributed by atoms with E-state index < -0.39 is 0 Å². The van der Waals surface area contributed by atoms with Crippen LogP contribution in [0, 0.1) is 0 Å². The first kappa shape index (κ1) is 13.7. The Kier molecular flexibility index (Phi) is 4.68. The topological polar surface area (TPSA) is 42.0 Å². The van der Waals surface area contributed by atoms with E-state index in [-0.39, 0.29) is 5.91 Å². The van der Waals surface area contributed by atoms with E-state index in [1.54, 1.807) is 18.3 Å². The molecule has 0 radical (unpaired) electrons. The fraction of sp³-hybridized carbons (Fsp3) is 0.200. The number of carbonyl (C=O) groups is 1. The van der Waals surface area contributed by atoms with Crippen molar-refractivity contribution in [3.63, 3.8) is 0 Å². The molecule has 0 spiro atoms. The molecule has 1 heterocycles. The van der Waals surface area contributed by atoms with Gasteiger partial charge < -0.3 is 5.32 Å². The van der Waals surface area contributed by atoms with Gasteiger partial charge in [-0.15, -0.1) is 0 Å². The summed E-state index contributed by atoms with van der Waals surface area (Å²) < 4.78 is 0.651. The third kappa shape index (κ3) is 3.89. The van der Waals surface area contributed by atoms with Gasteiger partial charge in [0.2, 0.25) is 0 Å². The molecule has 98 valence electrons. The number of nitrogens with zero attached hydrogens (tertiary/aromatic N) is 1. The number of hydrogen-bond donors (Lipinski definition) is 1. The second-order valence-corrected chi connectivity index (χ2v) is 5.08. The summed E-state index contributed by atoms with van der Waals surface area (Å²) in [7, 11) is 0. The summed E-state index contributed by atoms with van der Waals surface area (Å²) in [4.78, 5) is 16.0. The van der Waals surface area contributed by atoms with Crippen molar-refractivity contribution in [1.29, 1.82) is 0 Å². The van der Waals surface area contributed by atoms with Gasteiger partial charge in [-0.3, -0.25) is 4.79 Å². The fourth-order valence-corrected chi connectivity index (χ4v) is 2.16. The monoisotopic (exact) mass is 318 g/mol. The molecule has 1 N–H and O–H groups in total. The summed E-state index contributed by atoms with van der Waals surface area (Å²) in [5.41, 5.74) is 2.67. The molecule has 0 aliphatic heterocycles. The maximum atomic E-state index is 12.0. The molecule has 0 saturated carbocycles. The Morgan fingerprint density at radius 3 is 2.63 bits per heavy atom. The first-order chi connectivity index (χ1) is 9.19. The summed E-state index contributed by atoms with van der Waals surface area (Å²) in [6.07, 6.45) is 3.78. The number of aromatic nitrogens is 1. The van der Waals surface area contributed by atoms with Crippen LogP contribution in [0.25, 0.3) is 0 Å². The average molecular weight is 319 g/mol. The van der Waals surface area contributed by atoms with Crippen molar-refractivity contribution in [2.45, 2.75) is 19.8 Å². The Labute approximate surface area is 121 Å². The fourth-order valence-electron chi connectivity index (χ4n) is 1.79. The molecule has 19 heavy (non-hydrogen) atoms. The molecule has 0 atom stereocenters. The second kappa shape index (κ2) is 6.48. The van der Waals surface area contributed by atoms with Gasteiger partial charge in [-0.05, 0) is 52.2 Å². The zero-order valence-corrected chi connectivity index (χ0v) is 12.3. The van der Waals surface area contributed by atoms with Gasteiger partial charge in [0.25, 0.3) is 5.91 Å². The lowest BCUT2D eigenvalue weighted by molar-refractivity contribution is 0.102. The Bertz CT molecular complexity index is 567. The number of amides is 1. The van der Waals surface area contributed by atoms with E-state index in [0.717, 1.165) is 18.5 Å². The number of benzene rings is 1. The molecule has 0 fully saturated rings. The summed E-state index contributed by atoms with van der Waals surface area (Å²) in [5.74, 6) is -0.133. The molecule has 2 aromatic rings. The Balaban J connectivity index is 2.06. The van der Waals surface area contributed by atoms with Gasteiger partial charge in [0.1, 0.15) is 4.60 Å². The van der Waals surface area contributed by atoms with Gasteiger partial charge >= 0.3 is 0 Å². The zero-order chi connectivity index (χ0) is 13.7. The first-order valence-electron chi connectivity index (χ1n) is 6.21. The molecule has 1 aromatic heterocycles. The highest BCUT2D eigenvalue weighted by Crippen LogP contribution is 2.14. The quantitative estimate of drug-likeness (QED) is 0.864. The van der Waals surface area contributed by atoms with Crippen molar-refractivity contribution < 1.29 is 4.79 Å². The maximum Gasteiger partial charge on any atom is 0.255 e. The number of rotatable bonds is 4. The third-order valence-electron chi connectivity index (χ3n) is 2.74. The number of halogens is 1. The molecule has 0 aliphatic carbocycles. The van der Waals surface area contributed by atoms with Gasteiger partial charge in [-0.2, -0.15) is 0 Å². The van der Waals surface area contributed by atoms with Crippen LogP contribution in [0.2, 0.25) is 0 Å². The normalized spacial score (nSPS) is 10.2. The number of aryl methyl sites for hydroxylation is 1. The van der Waals surface area contributed by atoms with E-state index >= 15 is 0 Å². The van der Waals surface area contributed by atoms with Crippen LogP contribution in [0.5, 0.6) is 0 Å². The number of pyridine rings is 1. The van der Waals surface area contributed by atoms with Crippen LogP contribution in [-0.4, -0.2) is 10.9 Å². The van der Waals surface area contributed by atoms with Gasteiger partial charge in [-0.1, -0.05) is 25.5 Å². The lowest BCUT2D eigenvalue weighted by Crippen LogP contribution is -2.11. The van der Waals surface area contributed by atoms with Crippen LogP contribution in [0.15, 0.2) is 47.2 Å². The average Bonchev–Trinajstić information content (AvgIpc) is 2.41. The van der Waals surface area contributed by atoms with E-state index in [2.05, 4.69) is 33.2 Å². The van der Waals surface area contributed by atoms with Crippen molar-refractivity contribution in [3.8, 4) is 0 Å². The van der Waals surface area contributed by atoms with E-state index in [0.29, 0.717) is 10.2 Å². The Hall–Kier alpha value is -1.68. The first-order valence-corrected chi connectivity index (χ1v) is 7.00. The van der Waals surface area contributed by atoms with Crippen molar-refractivity contribution in [3.05, 3.63) is 58.3 Å². The van der Waals surface area contributed by atoms with Crippen LogP contribution < -0.4 is 5.32 Å². The molecule has 0 aliphatic rings. The molecular formula is C15H15BrN2O. The minimum atomic E-state index is -0.133. The minimum Gasteiger partial charge on any atom is -0.322 e. The number of nitrogens with one attached hydrogen (secondary N) is 1. The zero-order valence-electron chi connectivity index (χ0n) is 10.7. The molecule has 0 unspecified atom stereocenters. The van der Waals surface area contributed by atoms with Crippen molar-refractivity contribution in [1.82, 2.24) is 4.98 Å². The SMILES string of the molecule is CCCc1ccc(NC(=O)c2ccnc(Br)c2)cc1. The van der Waals surface area contributed by atoms with E-state index in [9.17, 15) is 4.79 Å². The molecule has 1 aromatic carbocycles. The van der Waals surface area contributed by atoms with Crippen LogP contribution in [-0.2, 0) is 6.42 Å². The van der Waals surface area contributed by atoms with Crippen LogP contribution in [0.1, 0.15) is 29.3 Å². The third-order valence-corrected chi connectivity index (χ3v) is 3.17. The molecule has 2 rings (SSSR count).